The second kappa shape index (κ2) is 8.33. The van der Waals surface area contributed by atoms with Crippen LogP contribution in [-0.4, -0.2) is 19.9 Å². The van der Waals surface area contributed by atoms with E-state index in [9.17, 15) is 5.26 Å². The Morgan fingerprint density at radius 3 is 2.66 bits per heavy atom. The van der Waals surface area contributed by atoms with Gasteiger partial charge in [-0.1, -0.05) is 31.2 Å². The van der Waals surface area contributed by atoms with Crippen LogP contribution in [0.15, 0.2) is 48.8 Å². The Morgan fingerprint density at radius 1 is 1.10 bits per heavy atom. The molecular formula is C22H19N5OS. The lowest BCUT2D eigenvalue weighted by Gasteiger charge is -2.08. The SMILES string of the molecule is CCc1ccc(COc2nccc(C(C#N)c3nc4cnc(C)cc4s3)n2)cc1. The minimum atomic E-state index is -0.582. The Bertz CT molecular complexity index is 1180. The Balaban J connectivity index is 1.54. The summed E-state index contributed by atoms with van der Waals surface area (Å²) in [6, 6.07) is 14.5. The molecule has 0 N–H and O–H groups in total. The van der Waals surface area contributed by atoms with E-state index in [2.05, 4.69) is 45.1 Å². The highest BCUT2D eigenvalue weighted by atomic mass is 32.1. The molecule has 0 aliphatic rings. The van der Waals surface area contributed by atoms with Gasteiger partial charge in [0, 0.05) is 11.9 Å². The minimum Gasteiger partial charge on any atom is -0.459 e. The van der Waals surface area contributed by atoms with Crippen LogP contribution in [0.5, 0.6) is 6.01 Å². The first kappa shape index (κ1) is 19.0. The monoisotopic (exact) mass is 401 g/mol. The van der Waals surface area contributed by atoms with Crippen molar-refractivity contribution in [1.29, 1.82) is 5.26 Å². The molecule has 0 amide bonds. The first-order chi connectivity index (χ1) is 14.2. The number of nitrogens with zero attached hydrogens (tertiary/aromatic N) is 5. The molecule has 3 aromatic heterocycles. The van der Waals surface area contributed by atoms with Crippen LogP contribution in [0.4, 0.5) is 0 Å². The van der Waals surface area contributed by atoms with Gasteiger partial charge >= 0.3 is 6.01 Å². The van der Waals surface area contributed by atoms with Crippen molar-refractivity contribution in [2.24, 2.45) is 0 Å². The van der Waals surface area contributed by atoms with Crippen molar-refractivity contribution in [1.82, 2.24) is 19.9 Å². The number of fused-ring (bicyclic) bond motifs is 1. The zero-order valence-corrected chi connectivity index (χ0v) is 17.0. The zero-order chi connectivity index (χ0) is 20.2. The number of rotatable bonds is 6. The Kier molecular flexibility index (Phi) is 5.45. The average Bonchev–Trinajstić information content (AvgIpc) is 3.16. The summed E-state index contributed by atoms with van der Waals surface area (Å²) in [7, 11) is 0. The summed E-state index contributed by atoms with van der Waals surface area (Å²) < 4.78 is 6.76. The Labute approximate surface area is 172 Å². The number of nitriles is 1. The van der Waals surface area contributed by atoms with Crippen LogP contribution in [0.2, 0.25) is 0 Å². The predicted molar refractivity (Wildman–Crippen MR) is 112 cm³/mol. The summed E-state index contributed by atoms with van der Waals surface area (Å²) >= 11 is 1.48. The van der Waals surface area contributed by atoms with Crippen molar-refractivity contribution in [3.63, 3.8) is 0 Å². The van der Waals surface area contributed by atoms with Crippen molar-refractivity contribution in [2.45, 2.75) is 32.8 Å². The maximum Gasteiger partial charge on any atom is 0.316 e. The van der Waals surface area contributed by atoms with Gasteiger partial charge in [0.05, 0.1) is 28.2 Å². The molecule has 6 nitrogen and oxygen atoms in total. The van der Waals surface area contributed by atoms with E-state index < -0.39 is 5.92 Å². The van der Waals surface area contributed by atoms with Gasteiger partial charge in [0.1, 0.15) is 17.5 Å². The van der Waals surface area contributed by atoms with Gasteiger partial charge in [0.2, 0.25) is 0 Å². The molecule has 0 saturated carbocycles. The summed E-state index contributed by atoms with van der Waals surface area (Å²) in [5.74, 6) is -0.582. The Morgan fingerprint density at radius 2 is 1.90 bits per heavy atom. The smallest absolute Gasteiger partial charge is 0.316 e. The molecule has 4 aromatic rings. The van der Waals surface area contributed by atoms with Gasteiger partial charge in [-0.05, 0) is 36.6 Å². The second-order valence-electron chi connectivity index (χ2n) is 6.63. The standard InChI is InChI=1S/C22H19N5OS/c1-3-15-4-6-16(7-5-15)13-28-22-24-9-8-18(27-22)17(11-23)21-26-19-12-25-14(2)10-20(19)29-21/h4-10,12,17H,3,13H2,1-2H3. The molecule has 0 aliphatic heterocycles. The fourth-order valence-electron chi connectivity index (χ4n) is 2.92. The average molecular weight is 401 g/mol. The fraction of sp³-hybridized carbons (Fsp3) is 0.227. The molecule has 0 bridgehead atoms. The molecule has 0 aliphatic carbocycles. The van der Waals surface area contributed by atoms with Crippen LogP contribution in [-0.2, 0) is 13.0 Å². The molecule has 0 fully saturated rings. The fourth-order valence-corrected chi connectivity index (χ4v) is 4.02. The Hall–Kier alpha value is -3.37. The number of aryl methyl sites for hydroxylation is 2. The molecule has 0 radical (unpaired) electrons. The highest BCUT2D eigenvalue weighted by Crippen LogP contribution is 2.31. The van der Waals surface area contributed by atoms with Crippen LogP contribution in [0, 0.1) is 18.3 Å². The van der Waals surface area contributed by atoms with Gasteiger partial charge in [-0.2, -0.15) is 10.2 Å². The van der Waals surface area contributed by atoms with E-state index >= 15 is 0 Å². The van der Waals surface area contributed by atoms with E-state index in [1.54, 1.807) is 18.5 Å². The lowest BCUT2D eigenvalue weighted by molar-refractivity contribution is 0.279. The number of benzene rings is 1. The molecule has 29 heavy (non-hydrogen) atoms. The van der Waals surface area contributed by atoms with Gasteiger partial charge in [0.25, 0.3) is 0 Å². The summed E-state index contributed by atoms with van der Waals surface area (Å²) in [5, 5.41) is 10.5. The molecule has 0 saturated heterocycles. The third kappa shape index (κ3) is 4.23. The molecule has 3 heterocycles. The number of hydrogen-bond donors (Lipinski definition) is 0. The highest BCUT2D eigenvalue weighted by molar-refractivity contribution is 7.18. The van der Waals surface area contributed by atoms with Crippen LogP contribution in [0.3, 0.4) is 0 Å². The second-order valence-corrected chi connectivity index (χ2v) is 7.69. The van der Waals surface area contributed by atoms with Gasteiger partial charge in [-0.25, -0.2) is 9.97 Å². The number of aromatic nitrogens is 4. The number of ether oxygens (including phenoxy) is 1. The maximum atomic E-state index is 9.76. The number of hydrogen-bond acceptors (Lipinski definition) is 7. The zero-order valence-electron chi connectivity index (χ0n) is 16.2. The molecule has 7 heteroatoms. The maximum absolute atomic E-state index is 9.76. The number of thiazole rings is 1. The summed E-state index contributed by atoms with van der Waals surface area (Å²) in [6.45, 7) is 4.43. The first-order valence-corrected chi connectivity index (χ1v) is 10.1. The molecular weight excluding hydrogens is 382 g/mol. The van der Waals surface area contributed by atoms with E-state index in [0.717, 1.165) is 27.9 Å². The van der Waals surface area contributed by atoms with Crippen molar-refractivity contribution < 1.29 is 4.74 Å². The van der Waals surface area contributed by atoms with E-state index in [1.165, 1.54) is 16.9 Å². The quantitative estimate of drug-likeness (QED) is 0.470. The molecule has 1 unspecified atom stereocenters. The lowest BCUT2D eigenvalue weighted by atomic mass is 10.1. The summed E-state index contributed by atoms with van der Waals surface area (Å²) in [5.41, 5.74) is 4.61. The molecule has 4 rings (SSSR count). The van der Waals surface area contributed by atoms with Gasteiger partial charge in [0.15, 0.2) is 0 Å². The van der Waals surface area contributed by atoms with E-state index in [4.69, 9.17) is 4.74 Å². The highest BCUT2D eigenvalue weighted by Gasteiger charge is 2.21. The lowest BCUT2D eigenvalue weighted by Crippen LogP contribution is -2.05. The predicted octanol–water partition coefficient (Wildman–Crippen LogP) is 4.59. The van der Waals surface area contributed by atoms with Gasteiger partial charge in [-0.3, -0.25) is 4.98 Å². The van der Waals surface area contributed by atoms with Crippen molar-refractivity contribution in [2.75, 3.05) is 0 Å². The van der Waals surface area contributed by atoms with Crippen molar-refractivity contribution in [3.05, 3.63) is 76.3 Å². The van der Waals surface area contributed by atoms with E-state index in [0.29, 0.717) is 17.3 Å². The molecule has 0 spiro atoms. The van der Waals surface area contributed by atoms with Crippen LogP contribution < -0.4 is 4.74 Å². The molecule has 144 valence electrons. The summed E-state index contributed by atoms with van der Waals surface area (Å²) in [4.78, 5) is 17.5. The third-order valence-electron chi connectivity index (χ3n) is 4.55. The molecule has 1 aromatic carbocycles. The topological polar surface area (TPSA) is 84.6 Å². The van der Waals surface area contributed by atoms with Crippen LogP contribution >= 0.6 is 11.3 Å². The van der Waals surface area contributed by atoms with Crippen LogP contribution in [0.25, 0.3) is 10.2 Å². The van der Waals surface area contributed by atoms with Crippen molar-refractivity contribution in [3.8, 4) is 12.1 Å². The first-order valence-electron chi connectivity index (χ1n) is 9.32. The molecule has 1 atom stereocenters. The van der Waals surface area contributed by atoms with Crippen LogP contribution in [0.1, 0.15) is 40.4 Å². The minimum absolute atomic E-state index is 0.251. The van der Waals surface area contributed by atoms with E-state index in [-0.39, 0.29) is 6.01 Å². The van der Waals surface area contributed by atoms with E-state index in [1.807, 2.05) is 25.1 Å². The van der Waals surface area contributed by atoms with Crippen molar-refractivity contribution >= 4 is 21.6 Å². The third-order valence-corrected chi connectivity index (χ3v) is 5.64. The summed E-state index contributed by atoms with van der Waals surface area (Å²) in [6.07, 6.45) is 4.35. The normalized spacial score (nSPS) is 11.9. The van der Waals surface area contributed by atoms with Gasteiger partial charge in [-0.15, -0.1) is 11.3 Å². The number of pyridine rings is 1. The largest absolute Gasteiger partial charge is 0.459 e. The van der Waals surface area contributed by atoms with Gasteiger partial charge < -0.3 is 4.74 Å².